The van der Waals surface area contributed by atoms with Crippen LogP contribution in [-0.2, 0) is 4.79 Å². The van der Waals surface area contributed by atoms with E-state index in [1.54, 1.807) is 47.4 Å². The molecule has 0 spiro atoms. The van der Waals surface area contributed by atoms with Crippen LogP contribution >= 0.6 is 23.2 Å². The number of ether oxygens (including phenoxy) is 1. The number of carbonyl (C=O) groups excluding carboxylic acids is 3. The van der Waals surface area contributed by atoms with Gasteiger partial charge in [-0.05, 0) is 43.5 Å². The number of benzene rings is 2. The summed E-state index contributed by atoms with van der Waals surface area (Å²) < 4.78 is 5.38. The van der Waals surface area contributed by atoms with Crippen molar-refractivity contribution in [2.24, 2.45) is 5.10 Å². The van der Waals surface area contributed by atoms with Gasteiger partial charge in [-0.3, -0.25) is 9.59 Å². The Morgan fingerprint density at radius 1 is 0.919 bits per heavy atom. The van der Waals surface area contributed by atoms with Crippen LogP contribution in [-0.4, -0.2) is 60.2 Å². The minimum absolute atomic E-state index is 0.137. The van der Waals surface area contributed by atoms with Crippen LogP contribution in [0.25, 0.3) is 0 Å². The van der Waals surface area contributed by atoms with E-state index in [1.807, 2.05) is 19.9 Å². The molecule has 0 radical (unpaired) electrons. The molecule has 9 nitrogen and oxygen atoms in total. The van der Waals surface area contributed by atoms with E-state index in [9.17, 15) is 14.4 Å². The number of hydrazone groups is 1. The number of halogens is 2. The highest BCUT2D eigenvalue weighted by molar-refractivity contribution is 6.42. The number of nitrogens with zero attached hydrogens (tertiary/aromatic N) is 2. The van der Waals surface area contributed by atoms with Crippen LogP contribution in [0.15, 0.2) is 53.6 Å². The standard InChI is InChI=1S/C24H25Cl2N5O4.C2H6/c25-17-7-4-8-18(26)20(17)22(32)29-19-9-12-27-30-21(19)23(33)28-15-10-13-31(14-11-15)24(34)35-16-5-2-1-3-6-16;1-2/h1-8,15,19,27H,9-14H2,(H,28,33)(H,29,32);1-2H3. The van der Waals surface area contributed by atoms with Gasteiger partial charge in [0.25, 0.3) is 11.8 Å². The number of nitrogens with one attached hydrogen (secondary N) is 3. The van der Waals surface area contributed by atoms with Crippen LogP contribution in [0.4, 0.5) is 4.79 Å². The van der Waals surface area contributed by atoms with Crippen LogP contribution in [0.1, 0.15) is 43.5 Å². The van der Waals surface area contributed by atoms with Gasteiger partial charge < -0.3 is 25.7 Å². The lowest BCUT2D eigenvalue weighted by molar-refractivity contribution is -0.116. The Hall–Kier alpha value is -3.30. The summed E-state index contributed by atoms with van der Waals surface area (Å²) >= 11 is 12.3. The zero-order valence-electron chi connectivity index (χ0n) is 20.8. The SMILES string of the molecule is CC.O=C(NC1CCN(C(=O)Oc2ccccc2)CC1)C1=NNCCC1NC(=O)c1c(Cl)cccc1Cl. The third-order valence-electron chi connectivity index (χ3n) is 5.84. The van der Waals surface area contributed by atoms with E-state index in [0.717, 1.165) is 0 Å². The normalized spacial score (nSPS) is 17.4. The lowest BCUT2D eigenvalue weighted by Gasteiger charge is -2.32. The second-order valence-corrected chi connectivity index (χ2v) is 9.05. The van der Waals surface area contributed by atoms with Gasteiger partial charge in [-0.2, -0.15) is 5.10 Å². The molecular formula is C26H31Cl2N5O4. The molecule has 37 heavy (non-hydrogen) atoms. The van der Waals surface area contributed by atoms with Gasteiger partial charge in [-0.15, -0.1) is 0 Å². The fourth-order valence-electron chi connectivity index (χ4n) is 3.98. The minimum Gasteiger partial charge on any atom is -0.410 e. The van der Waals surface area contributed by atoms with E-state index in [2.05, 4.69) is 21.2 Å². The zero-order valence-corrected chi connectivity index (χ0v) is 22.3. The molecule has 11 heteroatoms. The zero-order chi connectivity index (χ0) is 26.8. The Morgan fingerprint density at radius 3 is 2.22 bits per heavy atom. The first kappa shape index (κ1) is 28.3. The second-order valence-electron chi connectivity index (χ2n) is 8.23. The van der Waals surface area contributed by atoms with Gasteiger partial charge in [0.1, 0.15) is 11.5 Å². The summed E-state index contributed by atoms with van der Waals surface area (Å²) in [5.41, 5.74) is 3.15. The summed E-state index contributed by atoms with van der Waals surface area (Å²) in [6.45, 7) is 5.40. The molecule has 0 saturated carbocycles. The van der Waals surface area contributed by atoms with E-state index < -0.39 is 18.0 Å². The molecule has 1 saturated heterocycles. The number of hydrogen-bond acceptors (Lipinski definition) is 6. The average molecular weight is 548 g/mol. The van der Waals surface area contributed by atoms with Crippen LogP contribution in [0, 0.1) is 0 Å². The number of rotatable bonds is 5. The number of likely N-dealkylation sites (tertiary alicyclic amines) is 1. The topological polar surface area (TPSA) is 112 Å². The highest BCUT2D eigenvalue weighted by Gasteiger charge is 2.31. The lowest BCUT2D eigenvalue weighted by atomic mass is 10.0. The molecule has 2 aliphatic heterocycles. The molecular weight excluding hydrogens is 517 g/mol. The largest absolute Gasteiger partial charge is 0.415 e. The predicted octanol–water partition coefficient (Wildman–Crippen LogP) is 4.25. The first-order chi connectivity index (χ1) is 17.9. The van der Waals surface area contributed by atoms with Gasteiger partial charge in [0.05, 0.1) is 21.7 Å². The van der Waals surface area contributed by atoms with Crippen molar-refractivity contribution in [3.63, 3.8) is 0 Å². The number of para-hydroxylation sites is 1. The maximum Gasteiger partial charge on any atom is 0.415 e. The van der Waals surface area contributed by atoms with Crippen LogP contribution in [0.3, 0.4) is 0 Å². The van der Waals surface area contributed by atoms with E-state index in [-0.39, 0.29) is 33.3 Å². The molecule has 4 rings (SSSR count). The Kier molecular flexibility index (Phi) is 10.6. The molecule has 1 atom stereocenters. The molecule has 2 aromatic carbocycles. The molecule has 2 aliphatic rings. The number of piperidine rings is 1. The van der Waals surface area contributed by atoms with Crippen molar-refractivity contribution >= 4 is 46.8 Å². The monoisotopic (exact) mass is 547 g/mol. The number of hydrogen-bond donors (Lipinski definition) is 3. The summed E-state index contributed by atoms with van der Waals surface area (Å²) in [5.74, 6) is -0.363. The molecule has 0 bridgehead atoms. The first-order valence-electron chi connectivity index (χ1n) is 12.3. The van der Waals surface area contributed by atoms with Gasteiger partial charge in [0, 0.05) is 25.7 Å². The fourth-order valence-corrected chi connectivity index (χ4v) is 4.55. The summed E-state index contributed by atoms with van der Waals surface area (Å²) in [4.78, 5) is 39.8. The Morgan fingerprint density at radius 2 is 1.57 bits per heavy atom. The van der Waals surface area contributed by atoms with Crippen molar-refractivity contribution in [2.75, 3.05) is 19.6 Å². The maximum atomic E-state index is 13.0. The van der Waals surface area contributed by atoms with Crippen molar-refractivity contribution in [3.8, 4) is 5.75 Å². The molecule has 3 N–H and O–H groups in total. The lowest BCUT2D eigenvalue weighted by Crippen LogP contribution is -2.54. The van der Waals surface area contributed by atoms with Crippen molar-refractivity contribution in [2.45, 2.75) is 45.2 Å². The first-order valence-corrected chi connectivity index (χ1v) is 13.1. The van der Waals surface area contributed by atoms with Crippen molar-refractivity contribution in [1.29, 1.82) is 0 Å². The van der Waals surface area contributed by atoms with Gasteiger partial charge in [-0.1, -0.05) is 61.3 Å². The highest BCUT2D eigenvalue weighted by atomic mass is 35.5. The maximum absolute atomic E-state index is 13.0. The van der Waals surface area contributed by atoms with Gasteiger partial charge in [0.2, 0.25) is 0 Å². The third kappa shape index (κ3) is 7.60. The summed E-state index contributed by atoms with van der Waals surface area (Å²) in [7, 11) is 0. The number of amides is 3. The molecule has 2 aromatic rings. The Balaban J connectivity index is 0.00000186. The van der Waals surface area contributed by atoms with E-state index >= 15 is 0 Å². The highest BCUT2D eigenvalue weighted by Crippen LogP contribution is 2.24. The van der Waals surface area contributed by atoms with Crippen molar-refractivity contribution in [1.82, 2.24) is 21.0 Å². The third-order valence-corrected chi connectivity index (χ3v) is 6.47. The van der Waals surface area contributed by atoms with E-state index in [1.165, 1.54) is 0 Å². The number of carbonyl (C=O) groups is 3. The average Bonchev–Trinajstić information content (AvgIpc) is 2.91. The Labute approximate surface area is 226 Å². The molecule has 3 amide bonds. The van der Waals surface area contributed by atoms with Crippen LogP contribution in [0.2, 0.25) is 10.0 Å². The van der Waals surface area contributed by atoms with Crippen molar-refractivity contribution < 1.29 is 19.1 Å². The molecule has 1 fully saturated rings. The summed E-state index contributed by atoms with van der Waals surface area (Å²) in [6.07, 6.45) is 1.21. The smallest absolute Gasteiger partial charge is 0.410 e. The van der Waals surface area contributed by atoms with Gasteiger partial charge >= 0.3 is 6.09 Å². The van der Waals surface area contributed by atoms with Crippen LogP contribution in [0.5, 0.6) is 5.75 Å². The summed E-state index contributed by atoms with van der Waals surface area (Å²) in [5, 5.41) is 10.4. The Bertz CT molecular complexity index is 1100. The van der Waals surface area contributed by atoms with Gasteiger partial charge in [-0.25, -0.2) is 4.79 Å². The fraction of sp³-hybridized carbons (Fsp3) is 0.385. The molecule has 0 aromatic heterocycles. The molecule has 1 unspecified atom stereocenters. The predicted molar refractivity (Wildman–Crippen MR) is 144 cm³/mol. The van der Waals surface area contributed by atoms with Crippen molar-refractivity contribution in [3.05, 3.63) is 64.1 Å². The minimum atomic E-state index is -0.600. The van der Waals surface area contributed by atoms with Gasteiger partial charge in [0.15, 0.2) is 0 Å². The van der Waals surface area contributed by atoms with Crippen LogP contribution < -0.4 is 20.8 Å². The molecule has 0 aliphatic carbocycles. The second kappa shape index (κ2) is 13.9. The summed E-state index contributed by atoms with van der Waals surface area (Å²) in [6, 6.07) is 13.0. The van der Waals surface area contributed by atoms with E-state index in [4.69, 9.17) is 27.9 Å². The molecule has 198 valence electrons. The molecule has 2 heterocycles. The van der Waals surface area contributed by atoms with E-state index in [0.29, 0.717) is 44.6 Å². The quantitative estimate of drug-likeness (QED) is 0.518.